The molecule has 0 aromatic carbocycles. The molecule has 0 bridgehead atoms. The van der Waals surface area contributed by atoms with Crippen LogP contribution in [0.4, 0.5) is 5.82 Å². The number of nitrogens with two attached hydrogens (primary N) is 1. The lowest BCUT2D eigenvalue weighted by molar-refractivity contribution is 0.0949. The quantitative estimate of drug-likeness (QED) is 0.379. The van der Waals surface area contributed by atoms with Crippen LogP contribution < -0.4 is 16.4 Å². The van der Waals surface area contributed by atoms with Gasteiger partial charge in [0.2, 0.25) is 0 Å². The average Bonchev–Trinajstić information content (AvgIpc) is 2.64. The highest BCUT2D eigenvalue weighted by molar-refractivity contribution is 8.24. The van der Waals surface area contributed by atoms with Crippen LogP contribution in [-0.4, -0.2) is 75.7 Å². The van der Waals surface area contributed by atoms with Crippen LogP contribution in [0.1, 0.15) is 35.8 Å². The molecule has 2 heterocycles. The lowest BCUT2D eigenvalue weighted by atomic mass is 10.1. The molecule has 8 nitrogen and oxygen atoms in total. The minimum Gasteiger partial charge on any atom is -0.370 e. The maximum Gasteiger partial charge on any atom is 0.255 e. The predicted molar refractivity (Wildman–Crippen MR) is 112 cm³/mol. The zero-order valence-electron chi connectivity index (χ0n) is 16.1. The zero-order valence-corrected chi connectivity index (χ0v) is 16.9. The Kier molecular flexibility index (Phi) is 8.78. The van der Waals surface area contributed by atoms with Gasteiger partial charge >= 0.3 is 0 Å². The van der Waals surface area contributed by atoms with E-state index in [0.29, 0.717) is 62.2 Å². The Hall–Kier alpha value is -1.39. The van der Waals surface area contributed by atoms with E-state index in [1.165, 1.54) is 0 Å². The van der Waals surface area contributed by atoms with Gasteiger partial charge < -0.3 is 16.4 Å². The van der Waals surface area contributed by atoms with E-state index in [1.54, 1.807) is 0 Å². The van der Waals surface area contributed by atoms with Gasteiger partial charge in [0.15, 0.2) is 0 Å². The van der Waals surface area contributed by atoms with Gasteiger partial charge in [0.25, 0.3) is 5.91 Å². The summed E-state index contributed by atoms with van der Waals surface area (Å²) in [6, 6.07) is 3.73. The smallest absolute Gasteiger partial charge is 0.255 e. The van der Waals surface area contributed by atoms with Crippen LogP contribution >= 0.6 is 10.6 Å². The maximum absolute atomic E-state index is 12.6. The van der Waals surface area contributed by atoms with Crippen molar-refractivity contribution in [3.05, 3.63) is 23.4 Å². The van der Waals surface area contributed by atoms with E-state index in [4.69, 9.17) is 5.73 Å². The molecule has 0 spiro atoms. The summed E-state index contributed by atoms with van der Waals surface area (Å²) < 4.78 is 19.3. The Morgan fingerprint density at radius 2 is 2.04 bits per heavy atom. The third-order valence-corrected chi connectivity index (χ3v) is 6.28. The van der Waals surface area contributed by atoms with E-state index in [1.807, 2.05) is 19.1 Å². The fourth-order valence-corrected chi connectivity index (χ4v) is 4.29. The summed E-state index contributed by atoms with van der Waals surface area (Å²) >= 11 is 0. The van der Waals surface area contributed by atoms with Gasteiger partial charge in [-0.15, -0.1) is 0 Å². The van der Waals surface area contributed by atoms with Crippen molar-refractivity contribution in [1.82, 2.24) is 15.2 Å². The molecule has 0 saturated carbocycles. The summed E-state index contributed by atoms with van der Waals surface area (Å²) in [5.74, 6) is 1.31. The first-order valence-electron chi connectivity index (χ1n) is 9.63. The number of nitrogens with one attached hydrogen (secondary N) is 2. The molecule has 0 atom stereocenters. The van der Waals surface area contributed by atoms with E-state index in [0.717, 1.165) is 25.0 Å². The van der Waals surface area contributed by atoms with Crippen molar-refractivity contribution in [3.63, 3.8) is 0 Å². The number of aryl methyl sites for hydroxylation is 1. The van der Waals surface area contributed by atoms with E-state index in [2.05, 4.69) is 20.5 Å². The number of nitrogens with zero attached hydrogens (tertiary/aromatic N) is 2. The van der Waals surface area contributed by atoms with Crippen LogP contribution in [0.15, 0.2) is 12.1 Å². The van der Waals surface area contributed by atoms with Gasteiger partial charge in [0, 0.05) is 38.4 Å². The van der Waals surface area contributed by atoms with Crippen LogP contribution in [0.3, 0.4) is 0 Å². The fourth-order valence-electron chi connectivity index (χ4n) is 2.99. The van der Waals surface area contributed by atoms with Crippen LogP contribution in [-0.2, 0) is 6.42 Å². The van der Waals surface area contributed by atoms with E-state index in [-0.39, 0.29) is 5.91 Å². The molecule has 0 radical (unpaired) electrons. The molecule has 27 heavy (non-hydrogen) atoms. The Labute approximate surface area is 163 Å². The molecule has 0 unspecified atom stereocenters. The fraction of sp³-hybridized carbons (Fsp3) is 0.667. The van der Waals surface area contributed by atoms with Crippen LogP contribution in [0.2, 0.25) is 0 Å². The molecule has 1 aliphatic rings. The van der Waals surface area contributed by atoms with Crippen LogP contribution in [0.5, 0.6) is 0 Å². The molecule has 154 valence electrons. The summed E-state index contributed by atoms with van der Waals surface area (Å²) in [4.78, 5) is 19.3. The number of hydrogen-bond acceptors (Lipinski definition) is 7. The number of pyridine rings is 1. The largest absolute Gasteiger partial charge is 0.370 e. The Morgan fingerprint density at radius 1 is 1.30 bits per heavy atom. The van der Waals surface area contributed by atoms with Gasteiger partial charge in [-0.25, -0.2) is 4.98 Å². The molecule has 1 saturated heterocycles. The summed E-state index contributed by atoms with van der Waals surface area (Å²) in [5, 5.41) is 6.12. The van der Waals surface area contributed by atoms with Crippen molar-refractivity contribution < 1.29 is 13.9 Å². The molecular weight excluding hydrogens is 366 g/mol. The normalized spacial score (nSPS) is 18.1. The monoisotopic (exact) mass is 399 g/mol. The van der Waals surface area contributed by atoms with Crippen molar-refractivity contribution in [3.8, 4) is 0 Å². The second-order valence-electron chi connectivity index (χ2n) is 6.78. The number of hydrogen-bond donors (Lipinski definition) is 5. The number of aromatic nitrogens is 1. The summed E-state index contributed by atoms with van der Waals surface area (Å²) in [5.41, 5.74) is 7.04. The first kappa shape index (κ1) is 21.9. The molecule has 9 heteroatoms. The van der Waals surface area contributed by atoms with Crippen molar-refractivity contribution in [2.24, 2.45) is 5.73 Å². The predicted octanol–water partition coefficient (Wildman–Crippen LogP) is 1.59. The number of unbranched alkanes of at least 4 members (excludes halogenated alkanes) is 1. The highest BCUT2D eigenvalue weighted by Crippen LogP contribution is 2.40. The Bertz CT molecular complexity index is 605. The summed E-state index contributed by atoms with van der Waals surface area (Å²) in [7, 11) is -2.38. The number of carbonyl (C=O) groups excluding carboxylic acids is 1. The number of carbonyl (C=O) groups is 1. The van der Waals surface area contributed by atoms with Crippen molar-refractivity contribution in [1.29, 1.82) is 0 Å². The Balaban J connectivity index is 1.86. The van der Waals surface area contributed by atoms with E-state index in [9.17, 15) is 13.9 Å². The Morgan fingerprint density at radius 3 is 2.70 bits per heavy atom. The minimum absolute atomic E-state index is 0.145. The lowest BCUT2D eigenvalue weighted by Gasteiger charge is -2.40. The van der Waals surface area contributed by atoms with Gasteiger partial charge in [-0.1, -0.05) is 0 Å². The van der Waals surface area contributed by atoms with E-state index >= 15 is 0 Å². The molecular formula is C18H33N5O3S. The van der Waals surface area contributed by atoms with Crippen molar-refractivity contribution in [2.45, 2.75) is 26.2 Å². The average molecular weight is 400 g/mol. The van der Waals surface area contributed by atoms with Crippen LogP contribution in [0.25, 0.3) is 0 Å². The number of rotatable bonds is 10. The number of amides is 1. The van der Waals surface area contributed by atoms with Crippen molar-refractivity contribution in [2.75, 3.05) is 56.1 Å². The van der Waals surface area contributed by atoms with Gasteiger partial charge in [-0.05, 0) is 44.9 Å². The van der Waals surface area contributed by atoms with Gasteiger partial charge in [0.1, 0.15) is 5.82 Å². The molecule has 2 rings (SSSR count). The molecule has 1 aromatic heterocycles. The third kappa shape index (κ3) is 7.27. The summed E-state index contributed by atoms with van der Waals surface area (Å²) in [6.07, 6.45) is 2.80. The maximum atomic E-state index is 12.6. The lowest BCUT2D eigenvalue weighted by Crippen LogP contribution is -2.42. The third-order valence-electron chi connectivity index (χ3n) is 4.61. The van der Waals surface area contributed by atoms with Crippen LogP contribution in [0, 0.1) is 0 Å². The second kappa shape index (κ2) is 10.8. The highest BCUT2D eigenvalue weighted by atomic mass is 32.3. The summed E-state index contributed by atoms with van der Waals surface area (Å²) in [6.45, 7) is 5.87. The molecule has 0 aliphatic carbocycles. The minimum atomic E-state index is -2.38. The first-order valence-corrected chi connectivity index (χ1v) is 11.5. The topological polar surface area (TPSA) is 124 Å². The first-order chi connectivity index (χ1) is 12.9. The standard InChI is InChI=1S/C18H33N5O3S/c1-2-20-17-16(7-6-15(22-17)5-3-4-8-19)18(24)21-9-10-23-11-13-27(25,26)14-12-23/h6-7,25-26H,2-5,8-14,19H2,1H3,(H,20,22)(H,21,24). The van der Waals surface area contributed by atoms with Gasteiger partial charge in [-0.2, -0.15) is 10.6 Å². The molecule has 1 aliphatic heterocycles. The van der Waals surface area contributed by atoms with Gasteiger partial charge in [0.05, 0.1) is 17.1 Å². The highest BCUT2D eigenvalue weighted by Gasteiger charge is 2.22. The number of anilines is 1. The van der Waals surface area contributed by atoms with E-state index < -0.39 is 10.6 Å². The second-order valence-corrected chi connectivity index (χ2v) is 9.20. The molecule has 1 aromatic rings. The molecule has 1 fully saturated rings. The SMILES string of the molecule is CCNc1nc(CCCCN)ccc1C(=O)NCCN1CCS(O)(O)CC1. The molecule has 1 amide bonds. The van der Waals surface area contributed by atoms with Gasteiger partial charge in [-0.3, -0.25) is 18.8 Å². The van der Waals surface area contributed by atoms with Crippen molar-refractivity contribution >= 4 is 22.3 Å². The molecule has 6 N–H and O–H groups in total. The zero-order chi connectivity index (χ0) is 19.7.